The highest BCUT2D eigenvalue weighted by Gasteiger charge is 2.26. The summed E-state index contributed by atoms with van der Waals surface area (Å²) in [4.78, 5) is 11.5. The van der Waals surface area contributed by atoms with Crippen molar-refractivity contribution in [2.24, 2.45) is 5.84 Å². The van der Waals surface area contributed by atoms with Gasteiger partial charge in [-0.15, -0.1) is 0 Å². The lowest BCUT2D eigenvalue weighted by molar-refractivity contribution is 0.193. The van der Waals surface area contributed by atoms with Crippen LogP contribution in [0.2, 0.25) is 0 Å². The number of ether oxygens (including phenoxy) is 1. The summed E-state index contributed by atoms with van der Waals surface area (Å²) >= 11 is 0. The van der Waals surface area contributed by atoms with Crippen LogP contribution in [0.4, 0.5) is 11.6 Å². The quantitative estimate of drug-likeness (QED) is 0.646. The number of aromatic nitrogens is 2. The number of nitrogens with one attached hydrogen (secondary N) is 1. The smallest absolute Gasteiger partial charge is 0.148 e. The average Bonchev–Trinajstić information content (AvgIpc) is 2.90. The third kappa shape index (κ3) is 2.86. The van der Waals surface area contributed by atoms with Crippen molar-refractivity contribution < 1.29 is 4.74 Å². The Morgan fingerprint density at radius 2 is 2.05 bits per heavy atom. The third-order valence-electron chi connectivity index (χ3n) is 3.72. The number of hydrazine groups is 1. The molecule has 3 N–H and O–H groups in total. The van der Waals surface area contributed by atoms with Crippen molar-refractivity contribution >= 4 is 11.6 Å². The highest BCUT2D eigenvalue weighted by Crippen LogP contribution is 2.29. The summed E-state index contributed by atoms with van der Waals surface area (Å²) in [6.45, 7) is 9.84. The first kappa shape index (κ1) is 15.0. The Kier molecular flexibility index (Phi) is 4.15. The molecule has 1 atom stereocenters. The highest BCUT2D eigenvalue weighted by atomic mass is 16.5. The van der Waals surface area contributed by atoms with Gasteiger partial charge >= 0.3 is 0 Å². The molecular formula is C14H25N5O. The molecular weight excluding hydrogens is 254 g/mol. The second-order valence-corrected chi connectivity index (χ2v) is 6.37. The largest absolute Gasteiger partial charge is 0.379 e. The first-order valence-corrected chi connectivity index (χ1v) is 7.01. The normalized spacial score (nSPS) is 19.2. The van der Waals surface area contributed by atoms with E-state index in [1.807, 2.05) is 6.92 Å². The number of hydrogen-bond acceptors (Lipinski definition) is 6. The van der Waals surface area contributed by atoms with Crippen molar-refractivity contribution in [1.82, 2.24) is 9.97 Å². The molecule has 2 heterocycles. The molecule has 6 nitrogen and oxygen atoms in total. The summed E-state index contributed by atoms with van der Waals surface area (Å²) in [7, 11) is 2.06. The van der Waals surface area contributed by atoms with Crippen molar-refractivity contribution in [3.63, 3.8) is 0 Å². The van der Waals surface area contributed by atoms with Gasteiger partial charge in [-0.1, -0.05) is 20.8 Å². The maximum Gasteiger partial charge on any atom is 0.148 e. The molecule has 0 aromatic carbocycles. The zero-order chi connectivity index (χ0) is 14.9. The summed E-state index contributed by atoms with van der Waals surface area (Å²) in [5.41, 5.74) is 3.53. The van der Waals surface area contributed by atoms with Gasteiger partial charge in [0.2, 0.25) is 0 Å². The molecule has 2 rings (SSSR count). The van der Waals surface area contributed by atoms with Crippen LogP contribution in [-0.2, 0) is 10.2 Å². The fourth-order valence-electron chi connectivity index (χ4n) is 2.32. The summed E-state index contributed by atoms with van der Waals surface area (Å²) in [6.07, 6.45) is 1.02. The van der Waals surface area contributed by atoms with Crippen LogP contribution < -0.4 is 16.2 Å². The van der Waals surface area contributed by atoms with Crippen molar-refractivity contribution in [2.75, 3.05) is 30.6 Å². The van der Waals surface area contributed by atoms with E-state index in [1.54, 1.807) is 0 Å². The number of likely N-dealkylation sites (N-methyl/N-ethyl adjacent to an activating group) is 1. The van der Waals surface area contributed by atoms with E-state index in [-0.39, 0.29) is 5.41 Å². The van der Waals surface area contributed by atoms with Crippen LogP contribution >= 0.6 is 0 Å². The van der Waals surface area contributed by atoms with Crippen molar-refractivity contribution in [3.8, 4) is 0 Å². The maximum atomic E-state index is 5.60. The number of nitrogens with two attached hydrogens (primary N) is 1. The van der Waals surface area contributed by atoms with Gasteiger partial charge < -0.3 is 15.1 Å². The van der Waals surface area contributed by atoms with E-state index < -0.39 is 0 Å². The van der Waals surface area contributed by atoms with E-state index in [9.17, 15) is 0 Å². The molecule has 6 heteroatoms. The summed E-state index contributed by atoms with van der Waals surface area (Å²) in [5, 5.41) is 0. The van der Waals surface area contributed by atoms with Crippen molar-refractivity contribution in [3.05, 3.63) is 11.4 Å². The van der Waals surface area contributed by atoms with Crippen molar-refractivity contribution in [1.29, 1.82) is 0 Å². The molecule has 1 aromatic heterocycles. The van der Waals surface area contributed by atoms with E-state index in [0.29, 0.717) is 11.9 Å². The zero-order valence-corrected chi connectivity index (χ0v) is 13.0. The van der Waals surface area contributed by atoms with Gasteiger partial charge in [0.15, 0.2) is 0 Å². The molecule has 0 bridgehead atoms. The summed E-state index contributed by atoms with van der Waals surface area (Å²) in [5.74, 6) is 8.00. The van der Waals surface area contributed by atoms with Gasteiger partial charge in [-0.25, -0.2) is 15.8 Å². The average molecular weight is 279 g/mol. The molecule has 0 aliphatic carbocycles. The Morgan fingerprint density at radius 3 is 2.55 bits per heavy atom. The molecule has 0 radical (unpaired) electrons. The van der Waals surface area contributed by atoms with Crippen LogP contribution in [-0.4, -0.2) is 36.3 Å². The van der Waals surface area contributed by atoms with Gasteiger partial charge in [0.25, 0.3) is 0 Å². The molecule has 1 aromatic rings. The van der Waals surface area contributed by atoms with Gasteiger partial charge in [0, 0.05) is 24.6 Å². The topological polar surface area (TPSA) is 76.3 Å². The first-order valence-electron chi connectivity index (χ1n) is 7.01. The standard InChI is InChI=1S/C14H25N5O/c1-9-11(18-15)16-13(14(2,3)4)17-12(9)19(5)10-6-7-20-8-10/h10H,6-8,15H2,1-5H3,(H,16,17,18). The molecule has 1 unspecified atom stereocenters. The first-order chi connectivity index (χ1) is 9.34. The predicted octanol–water partition coefficient (Wildman–Crippen LogP) is 1.59. The van der Waals surface area contributed by atoms with Crippen LogP contribution in [0.15, 0.2) is 0 Å². The molecule has 1 aliphatic rings. The number of rotatable bonds is 3. The monoisotopic (exact) mass is 279 g/mol. The SMILES string of the molecule is Cc1c(NN)nc(C(C)(C)C)nc1N(C)C1CCOC1. The number of nitrogens with zero attached hydrogens (tertiary/aromatic N) is 3. The maximum absolute atomic E-state index is 5.60. The van der Waals surface area contributed by atoms with Crippen LogP contribution in [0.5, 0.6) is 0 Å². The van der Waals surface area contributed by atoms with Crippen LogP contribution in [0.1, 0.15) is 38.6 Å². The van der Waals surface area contributed by atoms with Gasteiger partial charge in [-0.3, -0.25) is 0 Å². The minimum Gasteiger partial charge on any atom is -0.379 e. The Labute approximate surface area is 120 Å². The second-order valence-electron chi connectivity index (χ2n) is 6.37. The molecule has 0 amide bonds. The molecule has 0 saturated carbocycles. The lowest BCUT2D eigenvalue weighted by Gasteiger charge is -2.28. The predicted molar refractivity (Wildman–Crippen MR) is 80.9 cm³/mol. The molecule has 1 saturated heterocycles. The molecule has 1 fully saturated rings. The Bertz CT molecular complexity index is 477. The lowest BCUT2D eigenvalue weighted by Crippen LogP contribution is -2.34. The lowest BCUT2D eigenvalue weighted by atomic mass is 9.95. The third-order valence-corrected chi connectivity index (χ3v) is 3.72. The molecule has 20 heavy (non-hydrogen) atoms. The summed E-state index contributed by atoms with van der Waals surface area (Å²) < 4.78 is 5.47. The molecule has 0 spiro atoms. The number of anilines is 2. The van der Waals surface area contributed by atoms with Crippen LogP contribution in [0.3, 0.4) is 0 Å². The van der Waals surface area contributed by atoms with Crippen molar-refractivity contribution in [2.45, 2.75) is 45.6 Å². The van der Waals surface area contributed by atoms with Gasteiger partial charge in [0.1, 0.15) is 17.5 Å². The highest BCUT2D eigenvalue weighted by molar-refractivity contribution is 5.58. The number of nitrogen functional groups attached to an aromatic ring is 1. The second kappa shape index (κ2) is 5.54. The number of hydrogen-bond donors (Lipinski definition) is 2. The fraction of sp³-hybridized carbons (Fsp3) is 0.714. The Morgan fingerprint density at radius 1 is 1.35 bits per heavy atom. The van der Waals surface area contributed by atoms with Crippen LogP contribution in [0.25, 0.3) is 0 Å². The fourth-order valence-corrected chi connectivity index (χ4v) is 2.32. The van der Waals surface area contributed by atoms with Gasteiger partial charge in [-0.2, -0.15) is 0 Å². The minimum atomic E-state index is -0.124. The Balaban J connectivity index is 2.44. The van der Waals surface area contributed by atoms with E-state index >= 15 is 0 Å². The molecule has 112 valence electrons. The van der Waals surface area contributed by atoms with Crippen LogP contribution in [0, 0.1) is 6.92 Å². The zero-order valence-electron chi connectivity index (χ0n) is 13.0. The minimum absolute atomic E-state index is 0.124. The van der Waals surface area contributed by atoms with E-state index in [1.165, 1.54) is 0 Å². The van der Waals surface area contributed by atoms with E-state index in [0.717, 1.165) is 36.8 Å². The summed E-state index contributed by atoms with van der Waals surface area (Å²) in [6, 6.07) is 0.363. The Hall–Kier alpha value is -1.40. The van der Waals surface area contributed by atoms with E-state index in [4.69, 9.17) is 15.6 Å². The van der Waals surface area contributed by atoms with Gasteiger partial charge in [0.05, 0.1) is 12.6 Å². The van der Waals surface area contributed by atoms with Gasteiger partial charge in [-0.05, 0) is 13.3 Å². The molecule has 1 aliphatic heterocycles. The van der Waals surface area contributed by atoms with E-state index in [2.05, 4.69) is 43.1 Å².